The largest absolute Gasteiger partial charge is 0.489 e. The molecule has 0 saturated heterocycles. The maximum absolute atomic E-state index is 12.0. The Bertz CT molecular complexity index is 1180. The van der Waals surface area contributed by atoms with Crippen molar-refractivity contribution in [3.05, 3.63) is 138 Å². The number of ether oxygens (including phenoxy) is 1. The number of carboxylic acid groups (broad SMARTS) is 1. The van der Waals surface area contributed by atoms with Crippen LogP contribution in [0.15, 0.2) is 115 Å². The molecule has 1 N–H and O–H groups in total. The molecule has 0 heterocycles. The third-order valence-corrected chi connectivity index (χ3v) is 6.27. The molecule has 2 atom stereocenters. The summed E-state index contributed by atoms with van der Waals surface area (Å²) in [6, 6.07) is 38.1. The zero-order valence-corrected chi connectivity index (χ0v) is 20.0. The molecule has 178 valence electrons. The Morgan fingerprint density at radius 3 is 1.86 bits per heavy atom. The molecular weight excluding hydrogens is 434 g/mol. The minimum atomic E-state index is -0.822. The molecular formula is C31H31NO3. The molecule has 0 saturated carbocycles. The molecule has 0 bridgehead atoms. The summed E-state index contributed by atoms with van der Waals surface area (Å²) in [5.41, 5.74) is 4.36. The summed E-state index contributed by atoms with van der Waals surface area (Å²) >= 11 is 0. The average Bonchev–Trinajstić information content (AvgIpc) is 2.91. The molecule has 4 heteroatoms. The summed E-state index contributed by atoms with van der Waals surface area (Å²) in [5.74, 6) is -0.0601. The van der Waals surface area contributed by atoms with Crippen molar-refractivity contribution in [2.75, 3.05) is 0 Å². The molecule has 0 aromatic heterocycles. The van der Waals surface area contributed by atoms with Crippen LogP contribution in [-0.2, 0) is 17.9 Å². The van der Waals surface area contributed by atoms with Gasteiger partial charge in [-0.15, -0.1) is 0 Å². The van der Waals surface area contributed by atoms with E-state index in [1.54, 1.807) is 0 Å². The summed E-state index contributed by atoms with van der Waals surface area (Å²) in [5, 5.41) is 9.83. The van der Waals surface area contributed by atoms with E-state index in [0.717, 1.165) is 28.0 Å². The van der Waals surface area contributed by atoms with Gasteiger partial charge in [0, 0.05) is 18.6 Å². The third-order valence-electron chi connectivity index (χ3n) is 6.27. The fourth-order valence-corrected chi connectivity index (χ4v) is 4.35. The molecule has 0 spiro atoms. The lowest BCUT2D eigenvalue weighted by Crippen LogP contribution is -2.32. The standard InChI is InChI=1S/C31H31NO3/c1-24(27-15-9-4-10-16-27)32(22-25-11-5-2-6-12-25)30(21-31(33)34)28-17-19-29(20-18-28)35-23-26-13-7-3-8-14-26/h2-20,24,30H,21-23H2,1H3,(H,33,34)/t24-,30+/m0/s1. The van der Waals surface area contributed by atoms with Gasteiger partial charge in [0.25, 0.3) is 0 Å². The molecule has 4 aromatic carbocycles. The van der Waals surface area contributed by atoms with E-state index >= 15 is 0 Å². The minimum Gasteiger partial charge on any atom is -0.489 e. The van der Waals surface area contributed by atoms with E-state index in [4.69, 9.17) is 4.74 Å². The lowest BCUT2D eigenvalue weighted by atomic mass is 9.96. The number of carboxylic acids is 1. The van der Waals surface area contributed by atoms with Gasteiger partial charge >= 0.3 is 5.97 Å². The van der Waals surface area contributed by atoms with Crippen LogP contribution in [0.4, 0.5) is 0 Å². The molecule has 4 aromatic rings. The first kappa shape index (κ1) is 24.2. The van der Waals surface area contributed by atoms with Gasteiger partial charge in [0.05, 0.1) is 6.42 Å². The summed E-state index contributed by atoms with van der Waals surface area (Å²) < 4.78 is 5.95. The van der Waals surface area contributed by atoms with Crippen molar-refractivity contribution in [2.45, 2.75) is 38.6 Å². The zero-order chi connectivity index (χ0) is 24.5. The maximum Gasteiger partial charge on any atom is 0.305 e. The quantitative estimate of drug-likeness (QED) is 0.258. The van der Waals surface area contributed by atoms with Crippen molar-refractivity contribution in [1.29, 1.82) is 0 Å². The number of hydrogen-bond donors (Lipinski definition) is 1. The van der Waals surface area contributed by atoms with Gasteiger partial charge < -0.3 is 9.84 Å². The highest BCUT2D eigenvalue weighted by atomic mass is 16.5. The summed E-state index contributed by atoms with van der Waals surface area (Å²) in [6.07, 6.45) is 0.00816. The first-order chi connectivity index (χ1) is 17.1. The number of benzene rings is 4. The van der Waals surface area contributed by atoms with Crippen molar-refractivity contribution < 1.29 is 14.6 Å². The molecule has 4 nitrogen and oxygen atoms in total. The van der Waals surface area contributed by atoms with E-state index < -0.39 is 5.97 Å². The van der Waals surface area contributed by atoms with Gasteiger partial charge in [-0.3, -0.25) is 9.69 Å². The molecule has 35 heavy (non-hydrogen) atoms. The van der Waals surface area contributed by atoms with Crippen LogP contribution in [0.1, 0.15) is 47.7 Å². The van der Waals surface area contributed by atoms with Gasteiger partial charge in [0.15, 0.2) is 0 Å². The molecule has 0 unspecified atom stereocenters. The second kappa shape index (κ2) is 12.0. The maximum atomic E-state index is 12.0. The molecule has 0 aliphatic heterocycles. The predicted octanol–water partition coefficient (Wildman–Crippen LogP) is 7.04. The minimum absolute atomic E-state index is 0.00816. The van der Waals surface area contributed by atoms with Crippen molar-refractivity contribution in [1.82, 2.24) is 4.90 Å². The van der Waals surface area contributed by atoms with Crippen molar-refractivity contribution in [2.24, 2.45) is 0 Å². The molecule has 0 fully saturated rings. The Morgan fingerprint density at radius 1 is 0.743 bits per heavy atom. The monoisotopic (exact) mass is 465 g/mol. The highest BCUT2D eigenvalue weighted by Gasteiger charge is 2.28. The van der Waals surface area contributed by atoms with E-state index in [1.165, 1.54) is 0 Å². The predicted molar refractivity (Wildman–Crippen MR) is 139 cm³/mol. The van der Waals surface area contributed by atoms with E-state index in [9.17, 15) is 9.90 Å². The summed E-state index contributed by atoms with van der Waals surface area (Å²) in [6.45, 7) is 3.27. The smallest absolute Gasteiger partial charge is 0.305 e. The SMILES string of the molecule is C[C@@H](c1ccccc1)N(Cc1ccccc1)[C@H](CC(=O)O)c1ccc(OCc2ccccc2)cc1. The van der Waals surface area contributed by atoms with Gasteiger partial charge in [-0.2, -0.15) is 0 Å². The van der Waals surface area contributed by atoms with Crippen LogP contribution in [0, 0.1) is 0 Å². The zero-order valence-electron chi connectivity index (χ0n) is 20.0. The number of aliphatic carboxylic acids is 1. The number of carbonyl (C=O) groups is 1. The fourth-order valence-electron chi connectivity index (χ4n) is 4.35. The van der Waals surface area contributed by atoms with Crippen molar-refractivity contribution in [3.63, 3.8) is 0 Å². The highest BCUT2D eigenvalue weighted by Crippen LogP contribution is 2.35. The molecule has 4 rings (SSSR count). The number of nitrogens with zero attached hydrogens (tertiary/aromatic N) is 1. The van der Waals surface area contributed by atoms with Gasteiger partial charge in [0.2, 0.25) is 0 Å². The van der Waals surface area contributed by atoms with Crippen LogP contribution in [0.2, 0.25) is 0 Å². The van der Waals surface area contributed by atoms with E-state index in [1.807, 2.05) is 91.0 Å². The highest BCUT2D eigenvalue weighted by molar-refractivity contribution is 5.68. The summed E-state index contributed by atoms with van der Waals surface area (Å²) in [7, 11) is 0. The van der Waals surface area contributed by atoms with Gasteiger partial charge in [-0.1, -0.05) is 103 Å². The van der Waals surface area contributed by atoms with Crippen LogP contribution >= 0.6 is 0 Å². The topological polar surface area (TPSA) is 49.8 Å². The van der Waals surface area contributed by atoms with Crippen LogP contribution in [0.5, 0.6) is 5.75 Å². The fraction of sp³-hybridized carbons (Fsp3) is 0.194. The lowest BCUT2D eigenvalue weighted by molar-refractivity contribution is -0.138. The molecule has 0 amide bonds. The Labute approximate surface area is 207 Å². The lowest BCUT2D eigenvalue weighted by Gasteiger charge is -2.36. The summed E-state index contributed by atoms with van der Waals surface area (Å²) in [4.78, 5) is 14.3. The average molecular weight is 466 g/mol. The number of rotatable bonds is 11. The Kier molecular flexibility index (Phi) is 8.31. The van der Waals surface area contributed by atoms with Crippen LogP contribution in [0.3, 0.4) is 0 Å². The van der Waals surface area contributed by atoms with Gasteiger partial charge in [0.1, 0.15) is 12.4 Å². The number of hydrogen-bond acceptors (Lipinski definition) is 3. The third kappa shape index (κ3) is 6.81. The van der Waals surface area contributed by atoms with Crippen molar-refractivity contribution in [3.8, 4) is 5.75 Å². The normalized spacial score (nSPS) is 12.7. The first-order valence-electron chi connectivity index (χ1n) is 11.9. The Hall–Kier alpha value is -3.89. The van der Waals surface area contributed by atoms with Crippen molar-refractivity contribution >= 4 is 5.97 Å². The van der Waals surface area contributed by atoms with E-state index in [-0.39, 0.29) is 18.5 Å². The van der Waals surface area contributed by atoms with Crippen LogP contribution in [0.25, 0.3) is 0 Å². The van der Waals surface area contributed by atoms with Gasteiger partial charge in [-0.05, 0) is 41.3 Å². The second-order valence-corrected chi connectivity index (χ2v) is 8.70. The van der Waals surface area contributed by atoms with Crippen LogP contribution in [-0.4, -0.2) is 16.0 Å². The second-order valence-electron chi connectivity index (χ2n) is 8.70. The van der Waals surface area contributed by atoms with Crippen LogP contribution < -0.4 is 4.74 Å². The Balaban J connectivity index is 1.61. The van der Waals surface area contributed by atoms with E-state index in [2.05, 4.69) is 36.1 Å². The first-order valence-corrected chi connectivity index (χ1v) is 11.9. The molecule has 0 aliphatic rings. The molecule has 0 radical (unpaired) electrons. The van der Waals surface area contributed by atoms with Gasteiger partial charge in [-0.25, -0.2) is 0 Å². The Morgan fingerprint density at radius 2 is 1.29 bits per heavy atom. The molecule has 0 aliphatic carbocycles. The van der Waals surface area contributed by atoms with E-state index in [0.29, 0.717) is 13.2 Å².